The highest BCUT2D eigenvalue weighted by Gasteiger charge is 2.26. The van der Waals surface area contributed by atoms with Gasteiger partial charge in [-0.2, -0.15) is 0 Å². The quantitative estimate of drug-likeness (QED) is 0.753. The summed E-state index contributed by atoms with van der Waals surface area (Å²) < 4.78 is 11.0. The van der Waals surface area contributed by atoms with Crippen molar-refractivity contribution >= 4 is 16.7 Å². The average Bonchev–Trinajstić information content (AvgIpc) is 2.73. The van der Waals surface area contributed by atoms with Crippen molar-refractivity contribution in [1.82, 2.24) is 5.32 Å². The van der Waals surface area contributed by atoms with E-state index in [4.69, 9.17) is 9.47 Å². The van der Waals surface area contributed by atoms with Crippen molar-refractivity contribution in [3.05, 3.63) is 71.8 Å². The largest absolute Gasteiger partial charge is 0.497 e. The summed E-state index contributed by atoms with van der Waals surface area (Å²) >= 11 is 0. The molecule has 3 aromatic carbocycles. The normalized spacial score (nSPS) is 15.7. The van der Waals surface area contributed by atoms with Crippen molar-refractivity contribution < 1.29 is 14.3 Å². The van der Waals surface area contributed by atoms with Crippen LogP contribution in [0.3, 0.4) is 0 Å². The number of hydrogen-bond acceptors (Lipinski definition) is 3. The Kier molecular flexibility index (Phi) is 4.97. The molecular formula is C23H23NO3. The van der Waals surface area contributed by atoms with E-state index in [0.29, 0.717) is 19.6 Å². The number of ether oxygens (including phenoxy) is 2. The molecule has 0 aromatic heterocycles. The third-order valence-electron chi connectivity index (χ3n) is 5.12. The van der Waals surface area contributed by atoms with Crippen LogP contribution in [0.1, 0.15) is 11.1 Å². The lowest BCUT2D eigenvalue weighted by molar-refractivity contribution is -0.126. The Morgan fingerprint density at radius 3 is 2.89 bits per heavy atom. The number of rotatable bonds is 5. The first-order valence-electron chi connectivity index (χ1n) is 9.28. The van der Waals surface area contributed by atoms with Crippen molar-refractivity contribution in [2.75, 3.05) is 20.3 Å². The Hall–Kier alpha value is -3.01. The van der Waals surface area contributed by atoms with E-state index in [1.807, 2.05) is 24.3 Å². The van der Waals surface area contributed by atoms with Crippen molar-refractivity contribution in [3.63, 3.8) is 0 Å². The number of amides is 1. The molecule has 0 saturated heterocycles. The van der Waals surface area contributed by atoms with Gasteiger partial charge < -0.3 is 14.8 Å². The molecule has 0 unspecified atom stereocenters. The maximum atomic E-state index is 12.6. The van der Waals surface area contributed by atoms with Gasteiger partial charge >= 0.3 is 0 Å². The number of carbonyl (C=O) groups excluding carboxylic acids is 1. The van der Waals surface area contributed by atoms with Crippen LogP contribution in [0.15, 0.2) is 60.7 Å². The number of fused-ring (bicyclic) bond motifs is 2. The molecule has 1 aliphatic heterocycles. The van der Waals surface area contributed by atoms with Gasteiger partial charge in [0, 0.05) is 12.6 Å². The van der Waals surface area contributed by atoms with Crippen LogP contribution in [0.5, 0.6) is 11.5 Å². The van der Waals surface area contributed by atoms with Gasteiger partial charge in [-0.25, -0.2) is 0 Å². The second kappa shape index (κ2) is 7.70. The van der Waals surface area contributed by atoms with Crippen LogP contribution in [0.25, 0.3) is 10.8 Å². The molecule has 0 fully saturated rings. The zero-order valence-electron chi connectivity index (χ0n) is 15.4. The monoisotopic (exact) mass is 361 g/mol. The number of hydrogen-bond donors (Lipinski definition) is 1. The minimum Gasteiger partial charge on any atom is -0.497 e. The second-order valence-corrected chi connectivity index (χ2v) is 6.87. The number of carbonyl (C=O) groups is 1. The third kappa shape index (κ3) is 3.75. The molecular weight excluding hydrogens is 338 g/mol. The van der Waals surface area contributed by atoms with Crippen LogP contribution in [-0.4, -0.2) is 26.2 Å². The SMILES string of the molecule is COc1ccc2c(c1)OC[C@H](C(=O)NCCc1cccc3ccccc13)C2. The molecule has 3 aromatic rings. The lowest BCUT2D eigenvalue weighted by atomic mass is 9.95. The third-order valence-corrected chi connectivity index (χ3v) is 5.12. The lowest BCUT2D eigenvalue weighted by Gasteiger charge is -2.25. The Morgan fingerprint density at radius 2 is 2.00 bits per heavy atom. The van der Waals surface area contributed by atoms with Gasteiger partial charge in [0.25, 0.3) is 0 Å². The maximum Gasteiger partial charge on any atom is 0.226 e. The molecule has 138 valence electrons. The van der Waals surface area contributed by atoms with Gasteiger partial charge in [0.15, 0.2) is 0 Å². The van der Waals surface area contributed by atoms with Crippen molar-refractivity contribution in [2.45, 2.75) is 12.8 Å². The van der Waals surface area contributed by atoms with E-state index in [9.17, 15) is 4.79 Å². The summed E-state index contributed by atoms with van der Waals surface area (Å²) in [6.07, 6.45) is 1.51. The number of nitrogens with one attached hydrogen (secondary N) is 1. The fourth-order valence-corrected chi connectivity index (χ4v) is 3.62. The van der Waals surface area contributed by atoms with E-state index in [1.165, 1.54) is 16.3 Å². The molecule has 1 aliphatic rings. The minimum absolute atomic E-state index is 0.0525. The van der Waals surface area contributed by atoms with Crippen LogP contribution < -0.4 is 14.8 Å². The summed E-state index contributed by atoms with van der Waals surface area (Å²) in [7, 11) is 1.64. The van der Waals surface area contributed by atoms with Crippen LogP contribution in [0.2, 0.25) is 0 Å². The van der Waals surface area contributed by atoms with Gasteiger partial charge in [-0.3, -0.25) is 4.79 Å². The van der Waals surface area contributed by atoms with E-state index < -0.39 is 0 Å². The number of benzene rings is 3. The van der Waals surface area contributed by atoms with Gasteiger partial charge in [-0.05, 0) is 40.8 Å². The molecule has 0 saturated carbocycles. The van der Waals surface area contributed by atoms with Crippen LogP contribution >= 0.6 is 0 Å². The van der Waals surface area contributed by atoms with Crippen molar-refractivity contribution in [1.29, 1.82) is 0 Å². The highest BCUT2D eigenvalue weighted by molar-refractivity contribution is 5.85. The summed E-state index contributed by atoms with van der Waals surface area (Å²) in [5.41, 5.74) is 2.31. The zero-order valence-corrected chi connectivity index (χ0v) is 15.4. The van der Waals surface area contributed by atoms with Gasteiger partial charge in [0.2, 0.25) is 5.91 Å². The predicted molar refractivity (Wildman–Crippen MR) is 106 cm³/mol. The Bertz CT molecular complexity index is 961. The molecule has 1 N–H and O–H groups in total. The zero-order chi connectivity index (χ0) is 18.6. The van der Waals surface area contributed by atoms with Crippen LogP contribution in [0.4, 0.5) is 0 Å². The molecule has 0 spiro atoms. The Morgan fingerprint density at radius 1 is 1.15 bits per heavy atom. The smallest absolute Gasteiger partial charge is 0.226 e. The fourth-order valence-electron chi connectivity index (χ4n) is 3.62. The summed E-state index contributed by atoms with van der Waals surface area (Å²) in [5.74, 6) is 1.48. The summed E-state index contributed by atoms with van der Waals surface area (Å²) in [6, 6.07) is 20.4. The summed E-state index contributed by atoms with van der Waals surface area (Å²) in [5, 5.41) is 5.55. The van der Waals surface area contributed by atoms with E-state index >= 15 is 0 Å². The summed E-state index contributed by atoms with van der Waals surface area (Å²) in [6.45, 7) is 1.03. The average molecular weight is 361 g/mol. The van der Waals surface area contributed by atoms with E-state index in [1.54, 1.807) is 7.11 Å². The van der Waals surface area contributed by atoms with E-state index in [2.05, 4.69) is 41.7 Å². The molecule has 4 rings (SSSR count). The molecule has 1 heterocycles. The molecule has 1 amide bonds. The molecule has 4 heteroatoms. The lowest BCUT2D eigenvalue weighted by Crippen LogP contribution is -2.38. The molecule has 0 aliphatic carbocycles. The second-order valence-electron chi connectivity index (χ2n) is 6.87. The van der Waals surface area contributed by atoms with E-state index in [0.717, 1.165) is 23.5 Å². The van der Waals surface area contributed by atoms with E-state index in [-0.39, 0.29) is 11.8 Å². The van der Waals surface area contributed by atoms with Gasteiger partial charge in [0.1, 0.15) is 18.1 Å². The molecule has 0 bridgehead atoms. The van der Waals surface area contributed by atoms with Gasteiger partial charge in [-0.1, -0.05) is 48.5 Å². The molecule has 1 atom stereocenters. The van der Waals surface area contributed by atoms with Crippen molar-refractivity contribution in [3.8, 4) is 11.5 Å². The summed E-state index contributed by atoms with van der Waals surface area (Å²) in [4.78, 5) is 12.6. The first kappa shape index (κ1) is 17.4. The molecule has 27 heavy (non-hydrogen) atoms. The van der Waals surface area contributed by atoms with Gasteiger partial charge in [0.05, 0.1) is 13.0 Å². The molecule has 4 nitrogen and oxygen atoms in total. The number of methoxy groups -OCH3 is 1. The molecule has 0 radical (unpaired) electrons. The topological polar surface area (TPSA) is 47.6 Å². The Balaban J connectivity index is 1.36. The van der Waals surface area contributed by atoms with Crippen LogP contribution in [0, 0.1) is 5.92 Å². The highest BCUT2D eigenvalue weighted by atomic mass is 16.5. The fraction of sp³-hybridized carbons (Fsp3) is 0.261. The standard InChI is InChI=1S/C23H23NO3/c1-26-20-10-9-18-13-19(15-27-22(18)14-20)23(25)24-12-11-17-7-4-6-16-5-2-3-8-21(16)17/h2-10,14,19H,11-13,15H2,1H3,(H,24,25)/t19-/m1/s1. The van der Waals surface area contributed by atoms with Crippen LogP contribution in [-0.2, 0) is 17.6 Å². The van der Waals surface area contributed by atoms with Gasteiger partial charge in [-0.15, -0.1) is 0 Å². The van der Waals surface area contributed by atoms with Crippen molar-refractivity contribution in [2.24, 2.45) is 5.92 Å². The first-order chi connectivity index (χ1) is 13.2. The predicted octanol–water partition coefficient (Wildman–Crippen LogP) is 3.76. The minimum atomic E-state index is -0.154. The maximum absolute atomic E-state index is 12.6. The highest BCUT2D eigenvalue weighted by Crippen LogP contribution is 2.31. The Labute approximate surface area is 159 Å². The first-order valence-corrected chi connectivity index (χ1v) is 9.28.